The number of nitrogens with two attached hydrogens (primary N) is 1. The molecule has 0 aromatic rings. The van der Waals surface area contributed by atoms with Crippen LogP contribution in [-0.2, 0) is 9.53 Å². The van der Waals surface area contributed by atoms with Crippen LogP contribution in [-0.4, -0.2) is 43.2 Å². The van der Waals surface area contributed by atoms with Crippen molar-refractivity contribution >= 4 is 5.97 Å². The summed E-state index contributed by atoms with van der Waals surface area (Å²) in [6, 6.07) is 0. The van der Waals surface area contributed by atoms with Crippen LogP contribution in [0.25, 0.3) is 0 Å². The van der Waals surface area contributed by atoms with Gasteiger partial charge in [-0.1, -0.05) is 46.0 Å². The second-order valence-corrected chi connectivity index (χ2v) is 6.24. The number of hydrogen-bond acceptors (Lipinski definition) is 4. The molecule has 4 nitrogen and oxygen atoms in total. The molecular formula is C17H36N2O2. The number of likely N-dealkylation sites (N-methyl/N-ethyl adjacent to an activating group) is 1. The summed E-state index contributed by atoms with van der Waals surface area (Å²) in [6.45, 7) is 8.43. The van der Waals surface area contributed by atoms with Gasteiger partial charge in [-0.25, -0.2) is 0 Å². The van der Waals surface area contributed by atoms with E-state index in [0.717, 1.165) is 6.54 Å². The predicted molar refractivity (Wildman–Crippen MR) is 89.3 cm³/mol. The van der Waals surface area contributed by atoms with Gasteiger partial charge in [-0.2, -0.15) is 0 Å². The fraction of sp³-hybridized carbons (Fsp3) is 0.941. The van der Waals surface area contributed by atoms with E-state index in [0.29, 0.717) is 19.6 Å². The Kier molecular flexibility index (Phi) is 11.6. The van der Waals surface area contributed by atoms with E-state index in [2.05, 4.69) is 32.7 Å². The highest BCUT2D eigenvalue weighted by atomic mass is 16.5. The van der Waals surface area contributed by atoms with E-state index < -0.39 is 0 Å². The summed E-state index contributed by atoms with van der Waals surface area (Å²) >= 11 is 0. The molecule has 0 amide bonds. The highest BCUT2D eigenvalue weighted by molar-refractivity contribution is 5.69. The summed E-state index contributed by atoms with van der Waals surface area (Å²) < 4.78 is 5.21. The van der Waals surface area contributed by atoms with E-state index in [-0.39, 0.29) is 11.5 Å². The van der Waals surface area contributed by atoms with Gasteiger partial charge in [0.15, 0.2) is 0 Å². The molecule has 21 heavy (non-hydrogen) atoms. The molecule has 0 bridgehead atoms. The van der Waals surface area contributed by atoms with Crippen molar-refractivity contribution in [3.05, 3.63) is 0 Å². The van der Waals surface area contributed by atoms with Gasteiger partial charge in [0.2, 0.25) is 0 Å². The molecule has 0 aliphatic carbocycles. The van der Waals surface area contributed by atoms with Crippen LogP contribution in [0.2, 0.25) is 0 Å². The van der Waals surface area contributed by atoms with Gasteiger partial charge in [0.05, 0.1) is 6.42 Å². The Balaban J connectivity index is 4.19. The maximum atomic E-state index is 11.3. The Morgan fingerprint density at radius 2 is 1.86 bits per heavy atom. The van der Waals surface area contributed by atoms with Gasteiger partial charge in [0.1, 0.15) is 6.61 Å². The van der Waals surface area contributed by atoms with Crippen molar-refractivity contribution < 1.29 is 9.53 Å². The Labute approximate surface area is 131 Å². The van der Waals surface area contributed by atoms with Crippen molar-refractivity contribution in [1.82, 2.24) is 4.90 Å². The number of nitrogens with zero attached hydrogens (tertiary/aromatic N) is 1. The van der Waals surface area contributed by atoms with Gasteiger partial charge in [-0.05, 0) is 26.8 Å². The maximum Gasteiger partial charge on any atom is 0.307 e. The van der Waals surface area contributed by atoms with Gasteiger partial charge >= 0.3 is 5.97 Å². The molecule has 0 fully saturated rings. The first-order valence-corrected chi connectivity index (χ1v) is 8.57. The molecule has 1 unspecified atom stereocenters. The molecule has 0 spiro atoms. The van der Waals surface area contributed by atoms with Crippen LogP contribution < -0.4 is 5.73 Å². The summed E-state index contributed by atoms with van der Waals surface area (Å²) in [4.78, 5) is 13.7. The van der Waals surface area contributed by atoms with Crippen molar-refractivity contribution in [1.29, 1.82) is 0 Å². The van der Waals surface area contributed by atoms with Crippen molar-refractivity contribution in [3.8, 4) is 0 Å². The van der Waals surface area contributed by atoms with Gasteiger partial charge in [0.25, 0.3) is 0 Å². The SMILES string of the molecule is CCCCCCC(C)(CCC)N(C)CCOC(=O)CCN. The second kappa shape index (κ2) is 12.0. The molecule has 0 aliphatic heterocycles. The summed E-state index contributed by atoms with van der Waals surface area (Å²) in [6.07, 6.45) is 9.09. The summed E-state index contributed by atoms with van der Waals surface area (Å²) in [5.74, 6) is -0.189. The van der Waals surface area contributed by atoms with Crippen molar-refractivity contribution in [2.24, 2.45) is 5.73 Å². The van der Waals surface area contributed by atoms with E-state index >= 15 is 0 Å². The molecule has 2 N–H and O–H groups in total. The van der Waals surface area contributed by atoms with Crippen LogP contribution in [0.4, 0.5) is 0 Å². The van der Waals surface area contributed by atoms with Gasteiger partial charge in [-0.3, -0.25) is 9.69 Å². The highest BCUT2D eigenvalue weighted by Crippen LogP contribution is 2.26. The topological polar surface area (TPSA) is 55.6 Å². The summed E-state index contributed by atoms with van der Waals surface area (Å²) in [5.41, 5.74) is 5.55. The minimum Gasteiger partial charge on any atom is -0.464 e. The fourth-order valence-electron chi connectivity index (χ4n) is 2.73. The van der Waals surface area contributed by atoms with Crippen LogP contribution in [0, 0.1) is 0 Å². The van der Waals surface area contributed by atoms with Crippen LogP contribution in [0.3, 0.4) is 0 Å². The number of ether oxygens (including phenoxy) is 1. The van der Waals surface area contributed by atoms with Crippen molar-refractivity contribution in [2.75, 3.05) is 26.7 Å². The molecular weight excluding hydrogens is 264 g/mol. The molecule has 0 aliphatic rings. The van der Waals surface area contributed by atoms with Crippen LogP contribution in [0.1, 0.15) is 72.1 Å². The first-order valence-electron chi connectivity index (χ1n) is 8.57. The van der Waals surface area contributed by atoms with Gasteiger partial charge in [-0.15, -0.1) is 0 Å². The van der Waals surface area contributed by atoms with E-state index in [1.54, 1.807) is 0 Å². The second-order valence-electron chi connectivity index (χ2n) is 6.24. The molecule has 1 atom stereocenters. The molecule has 0 radical (unpaired) electrons. The normalized spacial score (nSPS) is 14.2. The number of unbranched alkanes of at least 4 members (excludes halogenated alkanes) is 3. The lowest BCUT2D eigenvalue weighted by Gasteiger charge is -2.39. The lowest BCUT2D eigenvalue weighted by molar-refractivity contribution is -0.144. The van der Waals surface area contributed by atoms with Gasteiger partial charge in [0, 0.05) is 18.6 Å². The number of carbonyl (C=O) groups excluding carboxylic acids is 1. The van der Waals surface area contributed by atoms with Crippen LogP contribution in [0.15, 0.2) is 0 Å². The molecule has 0 heterocycles. The monoisotopic (exact) mass is 300 g/mol. The lowest BCUT2D eigenvalue weighted by atomic mass is 9.88. The average molecular weight is 300 g/mol. The summed E-state index contributed by atoms with van der Waals surface area (Å²) in [7, 11) is 2.15. The molecule has 126 valence electrons. The Morgan fingerprint density at radius 1 is 1.14 bits per heavy atom. The zero-order valence-electron chi connectivity index (χ0n) is 14.6. The third-order valence-corrected chi connectivity index (χ3v) is 4.32. The van der Waals surface area contributed by atoms with E-state index in [9.17, 15) is 4.79 Å². The number of rotatable bonds is 13. The molecule has 0 saturated heterocycles. The predicted octanol–water partition coefficient (Wildman–Crippen LogP) is 3.34. The minimum absolute atomic E-state index is 0.189. The first-order chi connectivity index (χ1) is 10.00. The fourth-order valence-corrected chi connectivity index (χ4v) is 2.73. The van der Waals surface area contributed by atoms with Gasteiger partial charge < -0.3 is 10.5 Å². The minimum atomic E-state index is -0.189. The third kappa shape index (κ3) is 9.10. The number of hydrogen-bond donors (Lipinski definition) is 1. The molecule has 0 saturated carbocycles. The molecule has 0 aromatic heterocycles. The van der Waals surface area contributed by atoms with Crippen molar-refractivity contribution in [2.45, 2.75) is 77.7 Å². The Hall–Kier alpha value is -0.610. The highest BCUT2D eigenvalue weighted by Gasteiger charge is 2.27. The summed E-state index contributed by atoms with van der Waals surface area (Å²) in [5, 5.41) is 0. The third-order valence-electron chi connectivity index (χ3n) is 4.32. The molecule has 0 aromatic carbocycles. The number of carbonyl (C=O) groups is 1. The largest absolute Gasteiger partial charge is 0.464 e. The smallest absolute Gasteiger partial charge is 0.307 e. The maximum absolute atomic E-state index is 11.3. The Bertz CT molecular complexity index is 272. The zero-order chi connectivity index (χ0) is 16.1. The van der Waals surface area contributed by atoms with E-state index in [1.807, 2.05) is 0 Å². The molecule has 0 rings (SSSR count). The van der Waals surface area contributed by atoms with Crippen LogP contribution in [0.5, 0.6) is 0 Å². The number of esters is 1. The zero-order valence-corrected chi connectivity index (χ0v) is 14.6. The first kappa shape index (κ1) is 20.4. The lowest BCUT2D eigenvalue weighted by Crippen LogP contribution is -2.45. The van der Waals surface area contributed by atoms with E-state index in [1.165, 1.54) is 44.9 Å². The van der Waals surface area contributed by atoms with Crippen LogP contribution >= 0.6 is 0 Å². The standard InChI is InChI=1S/C17H36N2O2/c1-5-7-8-9-12-17(3,11-6-2)19(4)14-15-21-16(20)10-13-18/h5-15,18H2,1-4H3. The van der Waals surface area contributed by atoms with Crippen molar-refractivity contribution in [3.63, 3.8) is 0 Å². The Morgan fingerprint density at radius 3 is 2.43 bits per heavy atom. The molecule has 4 heteroatoms. The van der Waals surface area contributed by atoms with E-state index in [4.69, 9.17) is 10.5 Å². The quantitative estimate of drug-likeness (QED) is 0.419. The average Bonchev–Trinajstić information content (AvgIpc) is 2.44.